The van der Waals surface area contributed by atoms with Crippen LogP contribution in [0.4, 0.5) is 4.79 Å². The van der Waals surface area contributed by atoms with E-state index < -0.39 is 6.04 Å². The van der Waals surface area contributed by atoms with Crippen LogP contribution in [0.5, 0.6) is 5.75 Å². The van der Waals surface area contributed by atoms with Crippen molar-refractivity contribution < 1.29 is 19.1 Å². The largest absolute Gasteiger partial charge is 0.487 e. The third kappa shape index (κ3) is 5.09. The van der Waals surface area contributed by atoms with Gasteiger partial charge in [-0.05, 0) is 18.1 Å². The van der Waals surface area contributed by atoms with Crippen LogP contribution in [0.25, 0.3) is 0 Å². The molecule has 2 aliphatic heterocycles. The zero-order valence-electron chi connectivity index (χ0n) is 16.0. The Kier molecular flexibility index (Phi) is 6.49. The van der Waals surface area contributed by atoms with Crippen LogP contribution >= 0.6 is 0 Å². The van der Waals surface area contributed by atoms with E-state index in [2.05, 4.69) is 10.3 Å². The van der Waals surface area contributed by atoms with Gasteiger partial charge in [-0.25, -0.2) is 4.79 Å². The number of urea groups is 1. The maximum atomic E-state index is 13.0. The number of nitrogens with one attached hydrogen (secondary N) is 1. The topological polar surface area (TPSA) is 84.0 Å². The number of hydrogen-bond acceptors (Lipinski definition) is 5. The van der Waals surface area contributed by atoms with Gasteiger partial charge < -0.3 is 24.6 Å². The zero-order valence-corrected chi connectivity index (χ0v) is 16.0. The second-order valence-electron chi connectivity index (χ2n) is 7.35. The van der Waals surface area contributed by atoms with Gasteiger partial charge in [-0.1, -0.05) is 13.8 Å². The van der Waals surface area contributed by atoms with E-state index in [1.54, 1.807) is 28.3 Å². The number of carbonyl (C=O) groups is 2. The summed E-state index contributed by atoms with van der Waals surface area (Å²) in [5.41, 5.74) is 0. The van der Waals surface area contributed by atoms with Gasteiger partial charge in [-0.15, -0.1) is 0 Å². The van der Waals surface area contributed by atoms with Gasteiger partial charge in [0.25, 0.3) is 0 Å². The number of hydrogen-bond donors (Lipinski definition) is 1. The number of likely N-dealkylation sites (tertiary alicyclic amines) is 1. The van der Waals surface area contributed by atoms with E-state index in [0.717, 1.165) is 0 Å². The molecule has 2 aliphatic rings. The van der Waals surface area contributed by atoms with Crippen molar-refractivity contribution in [2.75, 3.05) is 39.4 Å². The molecular formula is C19H28N4O4. The van der Waals surface area contributed by atoms with E-state index in [-0.39, 0.29) is 18.0 Å². The first-order valence-electron chi connectivity index (χ1n) is 9.52. The summed E-state index contributed by atoms with van der Waals surface area (Å²) in [6.45, 7) is 7.21. The molecule has 1 aromatic heterocycles. The first-order chi connectivity index (χ1) is 13.0. The highest BCUT2D eigenvalue weighted by molar-refractivity contribution is 5.88. The first kappa shape index (κ1) is 19.4. The Hall–Kier alpha value is -2.35. The van der Waals surface area contributed by atoms with Crippen LogP contribution in [0.1, 0.15) is 20.3 Å². The molecular weight excluding hydrogens is 348 g/mol. The third-order valence-electron chi connectivity index (χ3n) is 4.73. The normalized spacial score (nSPS) is 22.8. The van der Waals surface area contributed by atoms with Crippen molar-refractivity contribution in [3.63, 3.8) is 0 Å². The van der Waals surface area contributed by atoms with Crippen molar-refractivity contribution >= 4 is 11.9 Å². The lowest BCUT2D eigenvalue weighted by molar-refractivity contribution is -0.139. The first-order valence-corrected chi connectivity index (χ1v) is 9.52. The van der Waals surface area contributed by atoms with Crippen LogP contribution < -0.4 is 10.1 Å². The van der Waals surface area contributed by atoms with Crippen LogP contribution in [0.3, 0.4) is 0 Å². The molecule has 8 heteroatoms. The van der Waals surface area contributed by atoms with Gasteiger partial charge in [-0.3, -0.25) is 9.78 Å². The molecule has 2 saturated heterocycles. The molecule has 3 rings (SSSR count). The molecule has 2 atom stereocenters. The monoisotopic (exact) mass is 376 g/mol. The molecule has 0 radical (unpaired) electrons. The van der Waals surface area contributed by atoms with E-state index in [4.69, 9.17) is 9.47 Å². The quantitative estimate of drug-likeness (QED) is 0.833. The summed E-state index contributed by atoms with van der Waals surface area (Å²) in [4.78, 5) is 33.2. The highest BCUT2D eigenvalue weighted by Gasteiger charge is 2.42. The van der Waals surface area contributed by atoms with Gasteiger partial charge in [0.2, 0.25) is 5.91 Å². The van der Waals surface area contributed by atoms with E-state index in [1.807, 2.05) is 19.9 Å². The number of carbonyl (C=O) groups excluding carboxylic acids is 2. The maximum Gasteiger partial charge on any atom is 0.318 e. The molecule has 8 nitrogen and oxygen atoms in total. The molecule has 2 fully saturated rings. The maximum absolute atomic E-state index is 13.0. The van der Waals surface area contributed by atoms with Gasteiger partial charge in [0, 0.05) is 32.3 Å². The predicted molar refractivity (Wildman–Crippen MR) is 99.4 cm³/mol. The third-order valence-corrected chi connectivity index (χ3v) is 4.73. The van der Waals surface area contributed by atoms with Crippen LogP contribution in [0.2, 0.25) is 0 Å². The number of nitrogens with zero attached hydrogens (tertiary/aromatic N) is 3. The summed E-state index contributed by atoms with van der Waals surface area (Å²) in [6.07, 6.45) is 3.55. The summed E-state index contributed by atoms with van der Waals surface area (Å²) >= 11 is 0. The predicted octanol–water partition coefficient (Wildman–Crippen LogP) is 1.13. The van der Waals surface area contributed by atoms with Crippen molar-refractivity contribution in [3.8, 4) is 5.75 Å². The molecule has 0 unspecified atom stereocenters. The molecule has 0 spiro atoms. The van der Waals surface area contributed by atoms with Gasteiger partial charge in [0.15, 0.2) is 0 Å². The molecule has 0 aliphatic carbocycles. The van der Waals surface area contributed by atoms with Gasteiger partial charge in [-0.2, -0.15) is 0 Å². The van der Waals surface area contributed by atoms with Crippen molar-refractivity contribution in [1.29, 1.82) is 0 Å². The smallest absolute Gasteiger partial charge is 0.318 e. The van der Waals surface area contributed by atoms with Gasteiger partial charge in [0.1, 0.15) is 17.9 Å². The minimum absolute atomic E-state index is 0.0321. The Morgan fingerprint density at radius 2 is 2.15 bits per heavy atom. The molecule has 3 amide bonds. The number of morpholine rings is 1. The summed E-state index contributed by atoms with van der Waals surface area (Å²) in [5, 5.41) is 2.92. The summed E-state index contributed by atoms with van der Waals surface area (Å²) in [5.74, 6) is 0.951. The van der Waals surface area contributed by atoms with Crippen LogP contribution in [-0.2, 0) is 9.53 Å². The molecule has 27 heavy (non-hydrogen) atoms. The minimum Gasteiger partial charge on any atom is -0.487 e. The molecule has 0 aromatic carbocycles. The summed E-state index contributed by atoms with van der Waals surface area (Å²) in [7, 11) is 0. The zero-order chi connectivity index (χ0) is 19.2. The van der Waals surface area contributed by atoms with E-state index >= 15 is 0 Å². The van der Waals surface area contributed by atoms with Crippen molar-refractivity contribution in [1.82, 2.24) is 20.1 Å². The molecule has 1 N–H and O–H groups in total. The van der Waals surface area contributed by atoms with E-state index in [0.29, 0.717) is 57.5 Å². The second kappa shape index (κ2) is 9.03. The molecule has 148 valence electrons. The molecule has 1 aromatic rings. The van der Waals surface area contributed by atoms with Crippen molar-refractivity contribution in [2.45, 2.75) is 32.4 Å². The lowest BCUT2D eigenvalue weighted by Gasteiger charge is -2.32. The van der Waals surface area contributed by atoms with E-state index in [1.165, 1.54) is 0 Å². The average molecular weight is 376 g/mol. The fourth-order valence-electron chi connectivity index (χ4n) is 3.34. The highest BCUT2D eigenvalue weighted by atomic mass is 16.5. The fraction of sp³-hybridized carbons (Fsp3) is 0.632. The highest BCUT2D eigenvalue weighted by Crippen LogP contribution is 2.24. The fourth-order valence-corrected chi connectivity index (χ4v) is 3.34. The Morgan fingerprint density at radius 1 is 1.37 bits per heavy atom. The SMILES string of the molecule is CC(C)CNC(=O)N1C[C@@H](Oc2cccnc2)C[C@@H]1C(=O)N1CCOCC1. The van der Waals surface area contributed by atoms with Crippen LogP contribution in [0.15, 0.2) is 24.5 Å². The van der Waals surface area contributed by atoms with Gasteiger partial charge >= 0.3 is 6.03 Å². The molecule has 0 saturated carbocycles. The molecule has 0 bridgehead atoms. The van der Waals surface area contributed by atoms with E-state index in [9.17, 15) is 9.59 Å². The second-order valence-corrected chi connectivity index (χ2v) is 7.35. The number of amides is 3. The van der Waals surface area contributed by atoms with Crippen molar-refractivity contribution in [2.24, 2.45) is 5.92 Å². The van der Waals surface area contributed by atoms with Gasteiger partial charge in [0.05, 0.1) is 26.0 Å². The Bertz CT molecular complexity index is 634. The standard InChI is InChI=1S/C19H28N4O4/c1-14(2)11-21-19(25)23-13-16(27-15-4-3-5-20-12-15)10-17(23)18(24)22-6-8-26-9-7-22/h3-5,12,14,16-17H,6-11,13H2,1-2H3,(H,21,25)/t16-,17+/m0/s1. The number of pyridine rings is 1. The van der Waals surface area contributed by atoms with Crippen LogP contribution in [-0.4, -0.2) is 78.3 Å². The summed E-state index contributed by atoms with van der Waals surface area (Å²) < 4.78 is 11.3. The van der Waals surface area contributed by atoms with Crippen molar-refractivity contribution in [3.05, 3.63) is 24.5 Å². The Morgan fingerprint density at radius 3 is 2.81 bits per heavy atom. The Labute approximate surface area is 159 Å². The number of rotatable bonds is 5. The minimum atomic E-state index is -0.517. The number of aromatic nitrogens is 1. The number of ether oxygens (including phenoxy) is 2. The van der Waals surface area contributed by atoms with Crippen LogP contribution in [0, 0.1) is 5.92 Å². The Balaban J connectivity index is 1.70. The average Bonchev–Trinajstić information content (AvgIpc) is 3.10. The summed E-state index contributed by atoms with van der Waals surface area (Å²) in [6, 6.07) is 2.89. The molecule has 3 heterocycles. The lowest BCUT2D eigenvalue weighted by atomic mass is 10.1. The lowest BCUT2D eigenvalue weighted by Crippen LogP contribution is -2.53.